The Kier molecular flexibility index (Phi) is 5.40. The van der Waals surface area contributed by atoms with Gasteiger partial charge in [0.05, 0.1) is 19.2 Å². The van der Waals surface area contributed by atoms with Gasteiger partial charge in [-0.15, -0.1) is 11.3 Å². The van der Waals surface area contributed by atoms with Gasteiger partial charge in [0.15, 0.2) is 4.96 Å². The molecule has 0 bridgehead atoms. The van der Waals surface area contributed by atoms with Crippen molar-refractivity contribution in [3.05, 3.63) is 63.5 Å². The number of benzene rings is 1. The Morgan fingerprint density at radius 1 is 1.21 bits per heavy atom. The van der Waals surface area contributed by atoms with E-state index in [9.17, 15) is 9.59 Å². The van der Waals surface area contributed by atoms with Gasteiger partial charge in [0.25, 0.3) is 5.56 Å². The number of aromatic nitrogens is 2. The first-order valence-electron chi connectivity index (χ1n) is 9.22. The molecule has 4 rings (SSSR count). The maximum atomic E-state index is 12.7. The monoisotopic (exact) mass is 398 g/mol. The third-order valence-electron chi connectivity index (χ3n) is 5.00. The van der Waals surface area contributed by atoms with Crippen molar-refractivity contribution in [2.24, 2.45) is 0 Å². The van der Waals surface area contributed by atoms with E-state index in [0.717, 1.165) is 30.1 Å². The minimum absolute atomic E-state index is 0.0492. The lowest BCUT2D eigenvalue weighted by Gasteiger charge is -2.34. The van der Waals surface area contributed by atoms with Crippen molar-refractivity contribution >= 4 is 22.2 Å². The Morgan fingerprint density at radius 3 is 2.79 bits per heavy atom. The molecule has 3 aromatic rings. The van der Waals surface area contributed by atoms with Gasteiger partial charge in [-0.2, -0.15) is 0 Å². The van der Waals surface area contributed by atoms with Crippen LogP contribution in [0, 0.1) is 0 Å². The third kappa shape index (κ3) is 3.93. The molecule has 0 spiro atoms. The van der Waals surface area contributed by atoms with Gasteiger partial charge in [0.1, 0.15) is 5.75 Å². The van der Waals surface area contributed by atoms with E-state index in [1.807, 2.05) is 34.5 Å². The predicted molar refractivity (Wildman–Crippen MR) is 108 cm³/mol. The van der Waals surface area contributed by atoms with Gasteiger partial charge in [0, 0.05) is 55.9 Å². The molecule has 0 unspecified atom stereocenters. The number of methoxy groups -OCH3 is 1. The van der Waals surface area contributed by atoms with E-state index in [4.69, 9.17) is 4.74 Å². The summed E-state index contributed by atoms with van der Waals surface area (Å²) in [6, 6.07) is 9.22. The average Bonchev–Trinajstić information content (AvgIpc) is 3.18. The number of carbonyl (C=O) groups is 1. The minimum atomic E-state index is -0.0492. The van der Waals surface area contributed by atoms with Gasteiger partial charge < -0.3 is 9.64 Å². The molecule has 1 fully saturated rings. The first kappa shape index (κ1) is 18.6. The Morgan fingerprint density at radius 2 is 2.00 bits per heavy atom. The van der Waals surface area contributed by atoms with Crippen LogP contribution in [0.2, 0.25) is 0 Å². The standard InChI is InChI=1S/C20H22N4O3S/c1-27-17-5-3-2-4-15(17)12-18(25)23-8-6-22(7-9-23)14-16-13-19(26)24-10-11-28-20(24)21-16/h2-5,10-11,13H,6-9,12,14H2,1H3. The first-order chi connectivity index (χ1) is 13.6. The summed E-state index contributed by atoms with van der Waals surface area (Å²) >= 11 is 1.46. The molecule has 0 N–H and O–H groups in total. The first-order valence-corrected chi connectivity index (χ1v) is 10.1. The summed E-state index contributed by atoms with van der Waals surface area (Å²) in [5, 5.41) is 1.86. The van der Waals surface area contributed by atoms with Crippen LogP contribution in [0.1, 0.15) is 11.3 Å². The Hall–Kier alpha value is -2.71. The summed E-state index contributed by atoms with van der Waals surface area (Å²) in [5.74, 6) is 0.858. The fourth-order valence-electron chi connectivity index (χ4n) is 3.48. The maximum Gasteiger partial charge on any atom is 0.258 e. The number of piperazine rings is 1. The zero-order valence-corrected chi connectivity index (χ0v) is 16.5. The van der Waals surface area contributed by atoms with Crippen molar-refractivity contribution in [1.29, 1.82) is 0 Å². The summed E-state index contributed by atoms with van der Waals surface area (Å²) < 4.78 is 6.90. The smallest absolute Gasteiger partial charge is 0.258 e. The summed E-state index contributed by atoms with van der Waals surface area (Å²) in [6.07, 6.45) is 2.09. The second-order valence-corrected chi connectivity index (χ2v) is 7.66. The zero-order valence-electron chi connectivity index (χ0n) is 15.7. The Balaban J connectivity index is 1.35. The molecule has 146 valence electrons. The number of fused-ring (bicyclic) bond motifs is 1. The molecule has 1 aromatic carbocycles. The molecule has 0 radical (unpaired) electrons. The molecule has 28 heavy (non-hydrogen) atoms. The topological polar surface area (TPSA) is 67.2 Å². The quantitative estimate of drug-likeness (QED) is 0.654. The second-order valence-electron chi connectivity index (χ2n) is 6.79. The summed E-state index contributed by atoms with van der Waals surface area (Å²) in [6.45, 7) is 3.51. The Bertz CT molecular complexity index is 1040. The van der Waals surface area contributed by atoms with Crippen LogP contribution < -0.4 is 10.3 Å². The molecular weight excluding hydrogens is 376 g/mol. The normalized spacial score (nSPS) is 15.1. The van der Waals surface area contributed by atoms with Gasteiger partial charge in [-0.25, -0.2) is 4.98 Å². The molecule has 1 aliphatic rings. The van der Waals surface area contributed by atoms with Crippen LogP contribution in [-0.4, -0.2) is 58.4 Å². The molecular formula is C20H22N4O3S. The summed E-state index contributed by atoms with van der Waals surface area (Å²) in [5.41, 5.74) is 1.64. The number of ether oxygens (including phenoxy) is 1. The molecule has 8 heteroatoms. The Labute approximate surface area is 166 Å². The van der Waals surface area contributed by atoms with E-state index in [1.54, 1.807) is 23.8 Å². The predicted octanol–water partition coefficient (Wildman–Crippen LogP) is 1.65. The van der Waals surface area contributed by atoms with Gasteiger partial charge in [-0.05, 0) is 6.07 Å². The number of thiazole rings is 1. The molecule has 0 aliphatic carbocycles. The van der Waals surface area contributed by atoms with E-state index >= 15 is 0 Å². The van der Waals surface area contributed by atoms with Crippen LogP contribution in [0.3, 0.4) is 0 Å². The molecule has 1 aliphatic heterocycles. The van der Waals surface area contributed by atoms with E-state index < -0.39 is 0 Å². The zero-order chi connectivity index (χ0) is 19.5. The fourth-order valence-corrected chi connectivity index (χ4v) is 4.22. The number of carbonyl (C=O) groups excluding carboxylic acids is 1. The number of nitrogens with zero attached hydrogens (tertiary/aromatic N) is 4. The van der Waals surface area contributed by atoms with Crippen molar-refractivity contribution in [3.63, 3.8) is 0 Å². The lowest BCUT2D eigenvalue weighted by Crippen LogP contribution is -2.48. The lowest BCUT2D eigenvalue weighted by molar-refractivity contribution is -0.132. The van der Waals surface area contributed by atoms with E-state index in [2.05, 4.69) is 9.88 Å². The van der Waals surface area contributed by atoms with Crippen molar-refractivity contribution in [1.82, 2.24) is 19.2 Å². The molecule has 0 saturated carbocycles. The molecule has 7 nitrogen and oxygen atoms in total. The number of hydrogen-bond donors (Lipinski definition) is 0. The van der Waals surface area contributed by atoms with Crippen LogP contribution in [0.4, 0.5) is 0 Å². The van der Waals surface area contributed by atoms with Gasteiger partial charge >= 0.3 is 0 Å². The van der Waals surface area contributed by atoms with Crippen LogP contribution in [0.25, 0.3) is 4.96 Å². The molecule has 1 saturated heterocycles. The number of hydrogen-bond acceptors (Lipinski definition) is 6. The van der Waals surface area contributed by atoms with Crippen molar-refractivity contribution < 1.29 is 9.53 Å². The van der Waals surface area contributed by atoms with E-state index in [1.165, 1.54) is 11.3 Å². The van der Waals surface area contributed by atoms with Crippen LogP contribution in [-0.2, 0) is 17.8 Å². The van der Waals surface area contributed by atoms with Gasteiger partial charge in [0.2, 0.25) is 5.91 Å². The van der Waals surface area contributed by atoms with Crippen molar-refractivity contribution in [2.45, 2.75) is 13.0 Å². The number of amides is 1. The fraction of sp³-hybridized carbons (Fsp3) is 0.350. The summed E-state index contributed by atoms with van der Waals surface area (Å²) in [7, 11) is 1.62. The SMILES string of the molecule is COc1ccccc1CC(=O)N1CCN(Cc2cc(=O)n3ccsc3n2)CC1. The van der Waals surface area contributed by atoms with Crippen molar-refractivity contribution in [3.8, 4) is 5.75 Å². The second kappa shape index (κ2) is 8.12. The highest BCUT2D eigenvalue weighted by Gasteiger charge is 2.22. The number of rotatable bonds is 5. The maximum absolute atomic E-state index is 12.7. The lowest BCUT2D eigenvalue weighted by atomic mass is 10.1. The summed E-state index contributed by atoms with van der Waals surface area (Å²) in [4.78, 5) is 34.2. The molecule has 3 heterocycles. The van der Waals surface area contributed by atoms with Crippen LogP contribution in [0.5, 0.6) is 5.75 Å². The van der Waals surface area contributed by atoms with Gasteiger partial charge in [-0.1, -0.05) is 18.2 Å². The highest BCUT2D eigenvalue weighted by Crippen LogP contribution is 2.19. The van der Waals surface area contributed by atoms with E-state index in [0.29, 0.717) is 31.0 Å². The average molecular weight is 398 g/mol. The molecule has 0 atom stereocenters. The molecule has 1 amide bonds. The molecule has 2 aromatic heterocycles. The van der Waals surface area contributed by atoms with Gasteiger partial charge in [-0.3, -0.25) is 18.9 Å². The number of para-hydroxylation sites is 1. The van der Waals surface area contributed by atoms with E-state index in [-0.39, 0.29) is 11.5 Å². The van der Waals surface area contributed by atoms with Crippen LogP contribution >= 0.6 is 11.3 Å². The third-order valence-corrected chi connectivity index (χ3v) is 5.76. The van der Waals surface area contributed by atoms with Crippen LogP contribution in [0.15, 0.2) is 46.7 Å². The van der Waals surface area contributed by atoms with Crippen molar-refractivity contribution in [2.75, 3.05) is 33.3 Å². The largest absolute Gasteiger partial charge is 0.496 e. The minimum Gasteiger partial charge on any atom is -0.496 e. The highest BCUT2D eigenvalue weighted by molar-refractivity contribution is 7.15. The highest BCUT2D eigenvalue weighted by atomic mass is 32.1.